The maximum Gasteiger partial charge on any atom is 0.159 e. The summed E-state index contributed by atoms with van der Waals surface area (Å²) in [5.41, 5.74) is 7.65. The molecule has 1 heterocycles. The van der Waals surface area contributed by atoms with Gasteiger partial charge in [-0.15, -0.1) is 0 Å². The van der Waals surface area contributed by atoms with Crippen molar-refractivity contribution in [2.24, 2.45) is 5.73 Å². The van der Waals surface area contributed by atoms with Gasteiger partial charge in [0, 0.05) is 24.7 Å². The largest absolute Gasteiger partial charge is 0.327 e. The molecule has 1 aromatic carbocycles. The number of aromatic nitrogens is 2. The third-order valence-electron chi connectivity index (χ3n) is 3.15. The molecule has 2 N–H and O–H groups in total. The van der Waals surface area contributed by atoms with Crippen molar-refractivity contribution in [3.63, 3.8) is 0 Å². The fourth-order valence-electron chi connectivity index (χ4n) is 2.08. The molecule has 0 fully saturated rings. The first-order valence-electron chi connectivity index (χ1n) is 6.69. The van der Waals surface area contributed by atoms with Crippen LogP contribution in [0.15, 0.2) is 30.5 Å². The Morgan fingerprint density at radius 1 is 1.15 bits per heavy atom. The van der Waals surface area contributed by atoms with E-state index >= 15 is 0 Å². The lowest BCUT2D eigenvalue weighted by atomic mass is 10.0. The summed E-state index contributed by atoms with van der Waals surface area (Å²) in [5, 5.41) is 4.43. The lowest BCUT2D eigenvalue weighted by Crippen LogP contribution is -2.26. The molecular weight excluding hydrogens is 260 g/mol. The van der Waals surface area contributed by atoms with Crippen molar-refractivity contribution in [1.29, 1.82) is 0 Å². The number of hydrogen-bond acceptors (Lipinski definition) is 2. The molecule has 0 radical (unpaired) electrons. The van der Waals surface area contributed by atoms with Crippen LogP contribution in [0.1, 0.15) is 31.1 Å². The molecular formula is C15H19F2N3. The summed E-state index contributed by atoms with van der Waals surface area (Å²) < 4.78 is 27.8. The van der Waals surface area contributed by atoms with Crippen molar-refractivity contribution in [2.45, 2.75) is 38.8 Å². The number of nitrogens with two attached hydrogens (primary N) is 1. The molecule has 5 heteroatoms. The Morgan fingerprint density at radius 2 is 1.90 bits per heavy atom. The fraction of sp³-hybridized carbons (Fsp3) is 0.400. The van der Waals surface area contributed by atoms with Crippen LogP contribution in [-0.4, -0.2) is 15.8 Å². The van der Waals surface area contributed by atoms with Crippen molar-refractivity contribution >= 4 is 0 Å². The van der Waals surface area contributed by atoms with Gasteiger partial charge in [-0.2, -0.15) is 5.10 Å². The minimum atomic E-state index is -0.835. The third kappa shape index (κ3) is 3.63. The van der Waals surface area contributed by atoms with Crippen LogP contribution in [0.3, 0.4) is 0 Å². The molecule has 1 atom stereocenters. The molecule has 1 aromatic heterocycles. The van der Waals surface area contributed by atoms with E-state index in [1.807, 2.05) is 16.9 Å². The highest BCUT2D eigenvalue weighted by Crippen LogP contribution is 2.12. The number of benzene rings is 1. The summed E-state index contributed by atoms with van der Waals surface area (Å²) in [6, 6.07) is 5.96. The normalized spacial score (nSPS) is 12.9. The summed E-state index contributed by atoms with van der Waals surface area (Å²) in [4.78, 5) is 0. The second kappa shape index (κ2) is 6.13. The maximum atomic E-state index is 13.1. The second-order valence-electron chi connectivity index (χ2n) is 5.30. The van der Waals surface area contributed by atoms with Gasteiger partial charge in [0.1, 0.15) is 0 Å². The molecule has 20 heavy (non-hydrogen) atoms. The lowest BCUT2D eigenvalue weighted by molar-refractivity contribution is 0.505. The van der Waals surface area contributed by atoms with Gasteiger partial charge in [-0.05, 0) is 44.0 Å². The van der Waals surface area contributed by atoms with Crippen LogP contribution in [-0.2, 0) is 12.8 Å². The van der Waals surface area contributed by atoms with Crippen molar-refractivity contribution in [3.8, 4) is 0 Å². The van der Waals surface area contributed by atoms with Gasteiger partial charge < -0.3 is 5.73 Å². The molecule has 0 spiro atoms. The first-order valence-corrected chi connectivity index (χ1v) is 6.69. The van der Waals surface area contributed by atoms with Crippen molar-refractivity contribution in [2.75, 3.05) is 0 Å². The number of hydrogen-bond donors (Lipinski definition) is 1. The molecule has 0 amide bonds. The molecule has 0 bridgehead atoms. The summed E-state index contributed by atoms with van der Waals surface area (Å²) >= 11 is 0. The van der Waals surface area contributed by atoms with E-state index < -0.39 is 11.6 Å². The Bertz CT molecular complexity index is 578. The molecule has 108 valence electrons. The van der Waals surface area contributed by atoms with Gasteiger partial charge in [-0.3, -0.25) is 4.68 Å². The predicted molar refractivity (Wildman–Crippen MR) is 74.4 cm³/mol. The van der Waals surface area contributed by atoms with Crippen LogP contribution in [0.2, 0.25) is 0 Å². The standard InChI is InChI=1S/C15H19F2N3/c1-10(2)20-6-5-13(19-20)9-12(18)7-11-3-4-14(16)15(17)8-11/h3-6,8,10,12H,7,9,18H2,1-2H3. The zero-order chi connectivity index (χ0) is 14.7. The van der Waals surface area contributed by atoms with E-state index in [9.17, 15) is 8.78 Å². The van der Waals surface area contributed by atoms with Gasteiger partial charge in [-0.1, -0.05) is 6.07 Å². The van der Waals surface area contributed by atoms with E-state index in [1.54, 1.807) is 6.07 Å². The quantitative estimate of drug-likeness (QED) is 0.914. The van der Waals surface area contributed by atoms with Crippen molar-refractivity contribution in [3.05, 3.63) is 53.4 Å². The summed E-state index contributed by atoms with van der Waals surface area (Å²) in [6.07, 6.45) is 3.02. The first-order chi connectivity index (χ1) is 9.45. The van der Waals surface area contributed by atoms with Crippen LogP contribution in [0.25, 0.3) is 0 Å². The van der Waals surface area contributed by atoms with Crippen LogP contribution in [0, 0.1) is 11.6 Å². The van der Waals surface area contributed by atoms with Gasteiger partial charge in [0.05, 0.1) is 5.69 Å². The highest BCUT2D eigenvalue weighted by Gasteiger charge is 2.10. The Balaban J connectivity index is 1.97. The first kappa shape index (κ1) is 14.7. The summed E-state index contributed by atoms with van der Waals surface area (Å²) in [5.74, 6) is -1.67. The molecule has 0 aliphatic rings. The van der Waals surface area contributed by atoms with E-state index in [1.165, 1.54) is 6.07 Å². The van der Waals surface area contributed by atoms with Gasteiger partial charge in [-0.25, -0.2) is 8.78 Å². The SMILES string of the molecule is CC(C)n1ccc(CC(N)Cc2ccc(F)c(F)c2)n1. The third-order valence-corrected chi connectivity index (χ3v) is 3.15. The van der Waals surface area contributed by atoms with Crippen molar-refractivity contribution < 1.29 is 8.78 Å². The minimum Gasteiger partial charge on any atom is -0.327 e. The fourth-order valence-corrected chi connectivity index (χ4v) is 2.08. The lowest BCUT2D eigenvalue weighted by Gasteiger charge is -2.10. The molecule has 0 aliphatic carbocycles. The van der Waals surface area contributed by atoms with E-state index in [-0.39, 0.29) is 6.04 Å². The van der Waals surface area contributed by atoms with Crippen molar-refractivity contribution in [1.82, 2.24) is 9.78 Å². The monoisotopic (exact) mass is 279 g/mol. The summed E-state index contributed by atoms with van der Waals surface area (Å²) in [7, 11) is 0. The van der Waals surface area contributed by atoms with Crippen LogP contribution >= 0.6 is 0 Å². The Labute approximate surface area is 117 Å². The molecule has 1 unspecified atom stereocenters. The average Bonchev–Trinajstić information content (AvgIpc) is 2.82. The smallest absolute Gasteiger partial charge is 0.159 e. The van der Waals surface area contributed by atoms with Gasteiger partial charge >= 0.3 is 0 Å². The average molecular weight is 279 g/mol. The van der Waals surface area contributed by atoms with Crippen LogP contribution in [0.5, 0.6) is 0 Å². The zero-order valence-electron chi connectivity index (χ0n) is 11.7. The topological polar surface area (TPSA) is 43.8 Å². The van der Waals surface area contributed by atoms with E-state index in [4.69, 9.17) is 5.73 Å². The second-order valence-corrected chi connectivity index (χ2v) is 5.30. The summed E-state index contributed by atoms with van der Waals surface area (Å²) in [6.45, 7) is 4.11. The maximum absolute atomic E-state index is 13.1. The van der Waals surface area contributed by atoms with Gasteiger partial charge in [0.25, 0.3) is 0 Å². The Kier molecular flexibility index (Phi) is 4.49. The van der Waals surface area contributed by atoms with Gasteiger partial charge in [0.15, 0.2) is 11.6 Å². The zero-order valence-corrected chi connectivity index (χ0v) is 11.7. The van der Waals surface area contributed by atoms with E-state index in [0.717, 1.165) is 11.8 Å². The van der Waals surface area contributed by atoms with E-state index in [2.05, 4.69) is 18.9 Å². The molecule has 0 aliphatic heterocycles. The number of halogens is 2. The molecule has 2 aromatic rings. The minimum absolute atomic E-state index is 0.171. The predicted octanol–water partition coefficient (Wildman–Crippen LogP) is 2.85. The molecule has 0 saturated carbocycles. The molecule has 3 nitrogen and oxygen atoms in total. The Hall–Kier alpha value is -1.75. The molecule has 2 rings (SSSR count). The highest BCUT2D eigenvalue weighted by atomic mass is 19.2. The number of nitrogens with zero attached hydrogens (tertiary/aromatic N) is 2. The van der Waals surface area contributed by atoms with Crippen LogP contribution < -0.4 is 5.73 Å². The molecule has 0 saturated heterocycles. The van der Waals surface area contributed by atoms with E-state index in [0.29, 0.717) is 24.4 Å². The Morgan fingerprint density at radius 3 is 2.50 bits per heavy atom. The van der Waals surface area contributed by atoms with Gasteiger partial charge in [0.2, 0.25) is 0 Å². The highest BCUT2D eigenvalue weighted by molar-refractivity contribution is 5.19. The number of rotatable bonds is 5. The van der Waals surface area contributed by atoms with Crippen LogP contribution in [0.4, 0.5) is 8.78 Å².